The smallest absolute Gasteiger partial charge is 0.255 e. The number of carbonyl (C=O) groups is 1. The van der Waals surface area contributed by atoms with E-state index in [1.807, 2.05) is 18.0 Å². The fourth-order valence-electron chi connectivity index (χ4n) is 2.41. The highest BCUT2D eigenvalue weighted by atomic mass is 79.9. The third-order valence-electron chi connectivity index (χ3n) is 3.57. The molecule has 112 valence electrons. The Hall–Kier alpha value is -0.290. The average molecular weight is 382 g/mol. The zero-order valence-electron chi connectivity index (χ0n) is 11.4. The first-order valence-corrected chi connectivity index (χ1v) is 7.69. The Balaban J connectivity index is 0.00000200. The number of hydrogen-bond donors (Lipinski definition) is 1. The normalized spacial score (nSPS) is 18.9. The van der Waals surface area contributed by atoms with Crippen LogP contribution >= 0.6 is 39.9 Å². The molecule has 1 atom stereocenters. The van der Waals surface area contributed by atoms with E-state index >= 15 is 0 Å². The van der Waals surface area contributed by atoms with Gasteiger partial charge in [-0.25, -0.2) is 0 Å². The minimum Gasteiger partial charge on any atom is -0.339 e. The topological polar surface area (TPSA) is 32.3 Å². The van der Waals surface area contributed by atoms with Crippen LogP contribution in [0.4, 0.5) is 0 Å². The second-order valence-electron chi connectivity index (χ2n) is 4.87. The summed E-state index contributed by atoms with van der Waals surface area (Å²) in [5.74, 6) is 0.00407. The maximum absolute atomic E-state index is 12.5. The first kappa shape index (κ1) is 17.8. The van der Waals surface area contributed by atoms with E-state index in [0.29, 0.717) is 16.6 Å². The minimum absolute atomic E-state index is 0. The lowest BCUT2D eigenvalue weighted by Gasteiger charge is -2.27. The van der Waals surface area contributed by atoms with Crippen LogP contribution in [0.3, 0.4) is 0 Å². The summed E-state index contributed by atoms with van der Waals surface area (Å²) in [6.07, 6.45) is 3.15. The second kappa shape index (κ2) is 8.23. The lowest BCUT2D eigenvalue weighted by atomic mass is 10.1. The van der Waals surface area contributed by atoms with Crippen molar-refractivity contribution in [2.45, 2.75) is 25.3 Å². The molecule has 1 heterocycles. The molecule has 1 aliphatic rings. The van der Waals surface area contributed by atoms with Crippen LogP contribution in [0, 0.1) is 0 Å². The van der Waals surface area contributed by atoms with Gasteiger partial charge in [0.25, 0.3) is 5.91 Å². The van der Waals surface area contributed by atoms with Crippen molar-refractivity contribution in [2.24, 2.45) is 0 Å². The molecular weight excluding hydrogens is 363 g/mol. The Labute approximate surface area is 139 Å². The number of hydrogen-bond acceptors (Lipinski definition) is 2. The fourth-order valence-corrected chi connectivity index (χ4v) is 3.16. The predicted octanol–water partition coefficient (Wildman–Crippen LogP) is 3.74. The first-order chi connectivity index (χ1) is 9.09. The van der Waals surface area contributed by atoms with Gasteiger partial charge < -0.3 is 10.2 Å². The molecule has 0 bridgehead atoms. The molecule has 1 N–H and O–H groups in total. The van der Waals surface area contributed by atoms with Crippen LogP contribution in [0.15, 0.2) is 22.7 Å². The van der Waals surface area contributed by atoms with Crippen LogP contribution in [0.5, 0.6) is 0 Å². The largest absolute Gasteiger partial charge is 0.339 e. The van der Waals surface area contributed by atoms with E-state index in [-0.39, 0.29) is 18.3 Å². The molecule has 0 spiro atoms. The first-order valence-electron chi connectivity index (χ1n) is 6.52. The lowest BCUT2D eigenvalue weighted by molar-refractivity contribution is 0.0720. The van der Waals surface area contributed by atoms with E-state index in [1.54, 1.807) is 12.1 Å². The van der Waals surface area contributed by atoms with Crippen LogP contribution in [0.1, 0.15) is 29.6 Å². The summed E-state index contributed by atoms with van der Waals surface area (Å²) in [5.41, 5.74) is 0.574. The zero-order chi connectivity index (χ0) is 13.8. The second-order valence-corrected chi connectivity index (χ2v) is 6.20. The van der Waals surface area contributed by atoms with Gasteiger partial charge in [-0.05, 0) is 50.6 Å². The van der Waals surface area contributed by atoms with Crippen molar-refractivity contribution in [3.05, 3.63) is 33.3 Å². The number of halogens is 3. The van der Waals surface area contributed by atoms with Crippen molar-refractivity contribution in [3.8, 4) is 0 Å². The van der Waals surface area contributed by atoms with Crippen molar-refractivity contribution in [3.63, 3.8) is 0 Å². The van der Waals surface area contributed by atoms with Crippen molar-refractivity contribution in [1.29, 1.82) is 0 Å². The monoisotopic (exact) mass is 380 g/mol. The van der Waals surface area contributed by atoms with Gasteiger partial charge in [0.1, 0.15) is 0 Å². The SMILES string of the molecule is CN(C(=O)c1ccc(Br)cc1Cl)C1CCCNCC1.Cl. The van der Waals surface area contributed by atoms with Crippen LogP contribution < -0.4 is 5.32 Å². The molecule has 1 aliphatic heterocycles. The Morgan fingerprint density at radius 1 is 1.40 bits per heavy atom. The van der Waals surface area contributed by atoms with Gasteiger partial charge in [0.15, 0.2) is 0 Å². The van der Waals surface area contributed by atoms with E-state index in [0.717, 1.165) is 36.8 Å². The van der Waals surface area contributed by atoms with E-state index in [9.17, 15) is 4.79 Å². The van der Waals surface area contributed by atoms with Crippen LogP contribution in [0.25, 0.3) is 0 Å². The van der Waals surface area contributed by atoms with Gasteiger partial charge in [-0.3, -0.25) is 4.79 Å². The Morgan fingerprint density at radius 2 is 2.15 bits per heavy atom. The highest BCUT2D eigenvalue weighted by molar-refractivity contribution is 9.10. The Morgan fingerprint density at radius 3 is 2.85 bits per heavy atom. The van der Waals surface area contributed by atoms with Crippen molar-refractivity contribution < 1.29 is 4.79 Å². The summed E-state index contributed by atoms with van der Waals surface area (Å²) in [4.78, 5) is 14.3. The van der Waals surface area contributed by atoms with Crippen molar-refractivity contribution in [1.82, 2.24) is 10.2 Å². The molecule has 1 aromatic carbocycles. The third kappa shape index (κ3) is 4.35. The number of nitrogens with one attached hydrogen (secondary N) is 1. The molecule has 2 rings (SSSR count). The lowest BCUT2D eigenvalue weighted by Crippen LogP contribution is -2.37. The number of rotatable bonds is 2. The molecule has 0 aromatic heterocycles. The van der Waals surface area contributed by atoms with Gasteiger partial charge in [0.2, 0.25) is 0 Å². The van der Waals surface area contributed by atoms with Gasteiger partial charge in [-0.2, -0.15) is 0 Å². The van der Waals surface area contributed by atoms with Crippen LogP contribution in [-0.4, -0.2) is 37.0 Å². The molecular formula is C14H19BrCl2N2O. The predicted molar refractivity (Wildman–Crippen MR) is 89.0 cm³/mol. The molecule has 0 aliphatic carbocycles. The molecule has 0 radical (unpaired) electrons. The van der Waals surface area contributed by atoms with Crippen molar-refractivity contribution >= 4 is 45.8 Å². The van der Waals surface area contributed by atoms with Gasteiger partial charge in [0, 0.05) is 17.6 Å². The summed E-state index contributed by atoms with van der Waals surface area (Å²) in [6.45, 7) is 2.01. The average Bonchev–Trinajstić information content (AvgIpc) is 2.66. The highest BCUT2D eigenvalue weighted by Crippen LogP contribution is 2.24. The maximum Gasteiger partial charge on any atom is 0.255 e. The molecule has 6 heteroatoms. The fraction of sp³-hybridized carbons (Fsp3) is 0.500. The summed E-state index contributed by atoms with van der Waals surface area (Å²) < 4.78 is 0.885. The number of nitrogens with zero attached hydrogens (tertiary/aromatic N) is 1. The van der Waals surface area contributed by atoms with E-state index in [1.165, 1.54) is 0 Å². The van der Waals surface area contributed by atoms with E-state index < -0.39 is 0 Å². The molecule has 20 heavy (non-hydrogen) atoms. The quantitative estimate of drug-likeness (QED) is 0.846. The molecule has 1 saturated heterocycles. The molecule has 1 fully saturated rings. The maximum atomic E-state index is 12.5. The number of carbonyl (C=O) groups excluding carboxylic acids is 1. The van der Waals surface area contributed by atoms with E-state index in [2.05, 4.69) is 21.2 Å². The molecule has 1 aromatic rings. The van der Waals surface area contributed by atoms with E-state index in [4.69, 9.17) is 11.6 Å². The Kier molecular flexibility index (Phi) is 7.30. The third-order valence-corrected chi connectivity index (χ3v) is 4.38. The molecule has 3 nitrogen and oxygen atoms in total. The summed E-state index contributed by atoms with van der Waals surface area (Å²) in [5, 5.41) is 3.86. The Bertz CT molecular complexity index is 462. The highest BCUT2D eigenvalue weighted by Gasteiger charge is 2.23. The number of benzene rings is 1. The minimum atomic E-state index is 0. The van der Waals surface area contributed by atoms with Gasteiger partial charge in [0.05, 0.1) is 10.6 Å². The zero-order valence-corrected chi connectivity index (χ0v) is 14.5. The van der Waals surface area contributed by atoms with Gasteiger partial charge >= 0.3 is 0 Å². The standard InChI is InChI=1S/C14H18BrClN2O.ClH/c1-18(11-3-2-7-17-8-6-11)14(19)12-5-4-10(15)9-13(12)16;/h4-5,9,11,17H,2-3,6-8H2,1H3;1H. The number of amides is 1. The molecule has 0 saturated carbocycles. The van der Waals surface area contributed by atoms with Crippen LogP contribution in [0.2, 0.25) is 5.02 Å². The van der Waals surface area contributed by atoms with Crippen LogP contribution in [-0.2, 0) is 0 Å². The molecule has 1 unspecified atom stereocenters. The van der Waals surface area contributed by atoms with Gasteiger partial charge in [-0.1, -0.05) is 27.5 Å². The summed E-state index contributed by atoms with van der Waals surface area (Å²) in [7, 11) is 1.87. The summed E-state index contributed by atoms with van der Waals surface area (Å²) >= 11 is 9.50. The van der Waals surface area contributed by atoms with Gasteiger partial charge in [-0.15, -0.1) is 12.4 Å². The molecule has 1 amide bonds. The summed E-state index contributed by atoms with van der Waals surface area (Å²) in [6, 6.07) is 5.68. The van der Waals surface area contributed by atoms with Crippen molar-refractivity contribution in [2.75, 3.05) is 20.1 Å².